The Hall–Kier alpha value is -1.26. The topological polar surface area (TPSA) is 12.0 Å². The van der Waals surface area contributed by atoms with Crippen LogP contribution in [0.3, 0.4) is 0 Å². The van der Waals surface area contributed by atoms with Crippen LogP contribution in [0.5, 0.6) is 0 Å². The largest absolute Gasteiger partial charge is 0.306 e. The van der Waals surface area contributed by atoms with Crippen molar-refractivity contribution in [3.63, 3.8) is 0 Å². The summed E-state index contributed by atoms with van der Waals surface area (Å²) >= 11 is 1.61. The minimum Gasteiger partial charge on any atom is -0.306 e. The zero-order valence-electron chi connectivity index (χ0n) is 12.0. The summed E-state index contributed by atoms with van der Waals surface area (Å²) in [5.41, 5.74) is 0.714. The molecule has 0 aliphatic heterocycles. The average Bonchev–Trinajstić information content (AvgIpc) is 2.85. The molecule has 2 aromatic rings. The van der Waals surface area contributed by atoms with Gasteiger partial charge in [-0.15, -0.1) is 11.3 Å². The van der Waals surface area contributed by atoms with Crippen molar-refractivity contribution in [1.82, 2.24) is 5.32 Å². The summed E-state index contributed by atoms with van der Waals surface area (Å²) in [4.78, 5) is 2.18. The Balaban J connectivity index is 2.43. The number of aryl methyl sites for hydroxylation is 2. The Kier molecular flexibility index (Phi) is 4.89. The van der Waals surface area contributed by atoms with Gasteiger partial charge in [0, 0.05) is 15.3 Å². The van der Waals surface area contributed by atoms with Gasteiger partial charge in [0.05, 0.1) is 6.04 Å². The molecule has 0 bridgehead atoms. The molecule has 20 heavy (non-hydrogen) atoms. The summed E-state index contributed by atoms with van der Waals surface area (Å²) in [6.45, 7) is 6.40. The standard InChI is InChI=1S/C16H19F2NS/c1-4-9-19-16(13-8-6-11(3)20-13)12-7-5-10(2)14(17)15(12)18/h5-8,16,19H,4,9H2,1-3H3. The highest BCUT2D eigenvalue weighted by molar-refractivity contribution is 7.12. The van der Waals surface area contributed by atoms with E-state index in [9.17, 15) is 8.78 Å². The van der Waals surface area contributed by atoms with E-state index >= 15 is 0 Å². The molecular formula is C16H19F2NS. The zero-order chi connectivity index (χ0) is 14.7. The second kappa shape index (κ2) is 6.46. The molecule has 0 amide bonds. The minimum absolute atomic E-state index is 0.288. The van der Waals surface area contributed by atoms with Gasteiger partial charge >= 0.3 is 0 Å². The van der Waals surface area contributed by atoms with E-state index in [1.54, 1.807) is 30.4 Å². The first-order valence-corrected chi connectivity index (χ1v) is 7.60. The smallest absolute Gasteiger partial charge is 0.164 e. The highest BCUT2D eigenvalue weighted by Gasteiger charge is 2.21. The van der Waals surface area contributed by atoms with E-state index in [0.717, 1.165) is 22.7 Å². The van der Waals surface area contributed by atoms with E-state index in [0.29, 0.717) is 11.1 Å². The van der Waals surface area contributed by atoms with Crippen molar-refractivity contribution in [3.05, 3.63) is 56.8 Å². The van der Waals surface area contributed by atoms with Gasteiger partial charge in [-0.3, -0.25) is 0 Å². The summed E-state index contributed by atoms with van der Waals surface area (Å²) < 4.78 is 28.0. The van der Waals surface area contributed by atoms with E-state index in [4.69, 9.17) is 0 Å². The highest BCUT2D eigenvalue weighted by atomic mass is 32.1. The van der Waals surface area contributed by atoms with Crippen LogP contribution in [-0.4, -0.2) is 6.54 Å². The predicted octanol–water partition coefficient (Wildman–Crippen LogP) is 4.73. The summed E-state index contributed by atoms with van der Waals surface area (Å²) in [7, 11) is 0. The fourth-order valence-corrected chi connectivity index (χ4v) is 3.12. The van der Waals surface area contributed by atoms with Crippen molar-refractivity contribution in [1.29, 1.82) is 0 Å². The van der Waals surface area contributed by atoms with Gasteiger partial charge < -0.3 is 5.32 Å². The quantitative estimate of drug-likeness (QED) is 0.840. The van der Waals surface area contributed by atoms with E-state index in [-0.39, 0.29) is 6.04 Å². The SMILES string of the molecule is CCCNC(c1ccc(C)s1)c1ccc(C)c(F)c1F. The van der Waals surface area contributed by atoms with Gasteiger partial charge in [-0.2, -0.15) is 0 Å². The van der Waals surface area contributed by atoms with Crippen LogP contribution in [0.25, 0.3) is 0 Å². The second-order valence-corrected chi connectivity index (χ2v) is 6.25. The molecule has 0 saturated heterocycles. The molecule has 1 heterocycles. The number of benzene rings is 1. The van der Waals surface area contributed by atoms with Crippen LogP contribution in [0.2, 0.25) is 0 Å². The van der Waals surface area contributed by atoms with E-state index in [1.807, 2.05) is 19.1 Å². The van der Waals surface area contributed by atoms with Crippen LogP contribution in [0, 0.1) is 25.5 Å². The number of halogens is 2. The fraction of sp³-hybridized carbons (Fsp3) is 0.375. The lowest BCUT2D eigenvalue weighted by Crippen LogP contribution is -2.23. The van der Waals surface area contributed by atoms with Gasteiger partial charge in [-0.05, 0) is 44.5 Å². The maximum atomic E-state index is 14.2. The van der Waals surface area contributed by atoms with Gasteiger partial charge in [-0.1, -0.05) is 19.1 Å². The molecule has 1 atom stereocenters. The first kappa shape index (κ1) is 15.1. The molecule has 1 N–H and O–H groups in total. The van der Waals surface area contributed by atoms with Crippen molar-refractivity contribution >= 4 is 11.3 Å². The molecule has 0 radical (unpaired) electrons. The molecule has 0 spiro atoms. The molecule has 0 aliphatic rings. The Morgan fingerprint density at radius 2 is 1.85 bits per heavy atom. The number of hydrogen-bond donors (Lipinski definition) is 1. The van der Waals surface area contributed by atoms with Crippen molar-refractivity contribution < 1.29 is 8.78 Å². The van der Waals surface area contributed by atoms with E-state index < -0.39 is 11.6 Å². The Morgan fingerprint density at radius 1 is 1.10 bits per heavy atom. The van der Waals surface area contributed by atoms with Crippen LogP contribution in [0.1, 0.15) is 40.3 Å². The summed E-state index contributed by atoms with van der Waals surface area (Å²) in [5, 5.41) is 3.31. The van der Waals surface area contributed by atoms with Gasteiger partial charge in [-0.25, -0.2) is 8.78 Å². The zero-order valence-corrected chi connectivity index (χ0v) is 12.8. The number of nitrogens with one attached hydrogen (secondary N) is 1. The summed E-state index contributed by atoms with van der Waals surface area (Å²) in [5.74, 6) is -1.50. The molecule has 1 nitrogen and oxygen atoms in total. The molecule has 108 valence electrons. The van der Waals surface area contributed by atoms with Crippen LogP contribution < -0.4 is 5.32 Å². The number of thiophene rings is 1. The van der Waals surface area contributed by atoms with Crippen LogP contribution >= 0.6 is 11.3 Å². The Labute approximate surface area is 122 Å². The van der Waals surface area contributed by atoms with Gasteiger partial charge in [0.25, 0.3) is 0 Å². The molecule has 0 fully saturated rings. The van der Waals surface area contributed by atoms with Crippen LogP contribution in [-0.2, 0) is 0 Å². The molecular weight excluding hydrogens is 276 g/mol. The van der Waals surface area contributed by atoms with E-state index in [1.165, 1.54) is 0 Å². The number of rotatable bonds is 5. The second-order valence-electron chi connectivity index (χ2n) is 4.94. The highest BCUT2D eigenvalue weighted by Crippen LogP contribution is 2.31. The van der Waals surface area contributed by atoms with Crippen molar-refractivity contribution in [2.75, 3.05) is 6.54 Å². The Morgan fingerprint density at radius 3 is 2.45 bits per heavy atom. The summed E-state index contributed by atoms with van der Waals surface area (Å²) in [6.07, 6.45) is 0.941. The molecule has 4 heteroatoms. The van der Waals surface area contributed by atoms with Gasteiger partial charge in [0.15, 0.2) is 11.6 Å². The van der Waals surface area contributed by atoms with Crippen molar-refractivity contribution in [2.24, 2.45) is 0 Å². The van der Waals surface area contributed by atoms with Gasteiger partial charge in [0.2, 0.25) is 0 Å². The van der Waals surface area contributed by atoms with Gasteiger partial charge in [0.1, 0.15) is 0 Å². The van der Waals surface area contributed by atoms with Crippen LogP contribution in [0.15, 0.2) is 24.3 Å². The third-order valence-corrected chi connectivity index (χ3v) is 4.33. The molecule has 1 aromatic carbocycles. The van der Waals surface area contributed by atoms with Crippen molar-refractivity contribution in [3.8, 4) is 0 Å². The molecule has 0 aliphatic carbocycles. The fourth-order valence-electron chi connectivity index (χ4n) is 2.14. The molecule has 2 rings (SSSR count). The third kappa shape index (κ3) is 3.07. The maximum absolute atomic E-state index is 14.2. The minimum atomic E-state index is -0.751. The lowest BCUT2D eigenvalue weighted by Gasteiger charge is -2.19. The monoisotopic (exact) mass is 295 g/mol. The lowest BCUT2D eigenvalue weighted by atomic mass is 10.0. The third-order valence-electron chi connectivity index (χ3n) is 3.26. The summed E-state index contributed by atoms with van der Waals surface area (Å²) in [6, 6.07) is 7.00. The van der Waals surface area contributed by atoms with Crippen molar-refractivity contribution in [2.45, 2.75) is 33.2 Å². The predicted molar refractivity (Wildman–Crippen MR) is 80.3 cm³/mol. The van der Waals surface area contributed by atoms with Crippen LogP contribution in [0.4, 0.5) is 8.78 Å². The average molecular weight is 295 g/mol. The lowest BCUT2D eigenvalue weighted by molar-refractivity contribution is 0.477. The Bertz CT molecular complexity index is 592. The van der Waals surface area contributed by atoms with E-state index in [2.05, 4.69) is 12.2 Å². The normalized spacial score (nSPS) is 12.7. The molecule has 1 unspecified atom stereocenters. The molecule has 0 saturated carbocycles. The number of hydrogen-bond acceptors (Lipinski definition) is 2. The first-order valence-electron chi connectivity index (χ1n) is 6.78. The first-order chi connectivity index (χ1) is 9.54. The molecule has 1 aromatic heterocycles. The maximum Gasteiger partial charge on any atom is 0.164 e.